The third kappa shape index (κ3) is 2.01. The molecule has 0 amide bonds. The normalized spacial score (nSPS) is 20.4. The van der Waals surface area contributed by atoms with Gasteiger partial charge in [0.2, 0.25) is 10.0 Å². The second-order valence-corrected chi connectivity index (χ2v) is 7.41. The molecular formula is C12H15N3O2S2. The Labute approximate surface area is 116 Å². The van der Waals surface area contributed by atoms with Gasteiger partial charge in [-0.25, -0.2) is 8.42 Å². The van der Waals surface area contributed by atoms with Crippen molar-refractivity contribution in [3.8, 4) is 0 Å². The van der Waals surface area contributed by atoms with Crippen LogP contribution >= 0.6 is 11.3 Å². The van der Waals surface area contributed by atoms with Gasteiger partial charge in [0.15, 0.2) is 0 Å². The van der Waals surface area contributed by atoms with Crippen LogP contribution in [0.2, 0.25) is 0 Å². The van der Waals surface area contributed by atoms with Crippen LogP contribution in [0.5, 0.6) is 0 Å². The highest BCUT2D eigenvalue weighted by atomic mass is 32.2. The van der Waals surface area contributed by atoms with E-state index in [9.17, 15) is 8.42 Å². The highest BCUT2D eigenvalue weighted by molar-refractivity contribution is 7.89. The summed E-state index contributed by atoms with van der Waals surface area (Å²) in [4.78, 5) is 1.55. The zero-order chi connectivity index (χ0) is 13.5. The molecule has 2 aromatic rings. The minimum Gasteiger partial charge on any atom is -0.284 e. The van der Waals surface area contributed by atoms with Crippen LogP contribution in [0.4, 0.5) is 0 Å². The summed E-state index contributed by atoms with van der Waals surface area (Å²) in [6.45, 7) is 2.56. The quantitative estimate of drug-likeness (QED) is 0.944. The topological polar surface area (TPSA) is 66.1 Å². The summed E-state index contributed by atoms with van der Waals surface area (Å²) in [7, 11) is -3.46. The molecule has 0 fully saturated rings. The van der Waals surface area contributed by atoms with Gasteiger partial charge in [-0.1, -0.05) is 6.92 Å². The zero-order valence-electron chi connectivity index (χ0n) is 10.5. The number of hydrogen-bond donors (Lipinski definition) is 1. The van der Waals surface area contributed by atoms with E-state index in [-0.39, 0.29) is 10.9 Å². The summed E-state index contributed by atoms with van der Waals surface area (Å²) in [6.07, 6.45) is 4.37. The fourth-order valence-corrected chi connectivity index (χ4v) is 5.12. The number of hydrogen-bond acceptors (Lipinski definition) is 4. The maximum absolute atomic E-state index is 12.6. The van der Waals surface area contributed by atoms with E-state index in [0.717, 1.165) is 18.4 Å². The van der Waals surface area contributed by atoms with Crippen molar-refractivity contribution in [3.63, 3.8) is 0 Å². The Morgan fingerprint density at radius 3 is 3.11 bits per heavy atom. The molecule has 1 aliphatic heterocycles. The molecule has 1 atom stereocenters. The second-order valence-electron chi connectivity index (χ2n) is 4.52. The summed E-state index contributed by atoms with van der Waals surface area (Å²) < 4.78 is 26.8. The molecule has 0 bridgehead atoms. The van der Waals surface area contributed by atoms with Crippen molar-refractivity contribution in [2.24, 2.45) is 0 Å². The average molecular weight is 297 g/mol. The minimum atomic E-state index is -3.46. The van der Waals surface area contributed by atoms with Crippen LogP contribution < -0.4 is 0 Å². The predicted molar refractivity (Wildman–Crippen MR) is 73.5 cm³/mol. The van der Waals surface area contributed by atoms with E-state index >= 15 is 0 Å². The zero-order valence-corrected chi connectivity index (χ0v) is 12.2. The summed E-state index contributed by atoms with van der Waals surface area (Å²) >= 11 is 1.71. The van der Waals surface area contributed by atoms with E-state index in [1.165, 1.54) is 17.3 Å². The van der Waals surface area contributed by atoms with Crippen molar-refractivity contribution in [2.45, 2.75) is 30.7 Å². The summed E-state index contributed by atoms with van der Waals surface area (Å²) in [6, 6.07) is 1.99. The van der Waals surface area contributed by atoms with Crippen molar-refractivity contribution < 1.29 is 8.42 Å². The van der Waals surface area contributed by atoms with Crippen LogP contribution in [0.1, 0.15) is 29.8 Å². The Bertz CT molecular complexity index is 661. The van der Waals surface area contributed by atoms with Crippen LogP contribution in [0.25, 0.3) is 0 Å². The third-order valence-electron chi connectivity index (χ3n) is 3.51. The molecule has 19 heavy (non-hydrogen) atoms. The Kier molecular flexibility index (Phi) is 3.20. The number of aromatic nitrogens is 2. The largest absolute Gasteiger partial charge is 0.284 e. The molecule has 7 heteroatoms. The van der Waals surface area contributed by atoms with Gasteiger partial charge in [-0.05, 0) is 29.9 Å². The van der Waals surface area contributed by atoms with E-state index in [2.05, 4.69) is 10.2 Å². The number of thiophene rings is 1. The Hall–Kier alpha value is -1.18. The number of nitrogens with zero attached hydrogens (tertiary/aromatic N) is 2. The smallest absolute Gasteiger partial charge is 0.246 e. The molecule has 0 aromatic carbocycles. The molecule has 5 nitrogen and oxygen atoms in total. The lowest BCUT2D eigenvalue weighted by Gasteiger charge is -2.33. The fraction of sp³-hybridized carbons (Fsp3) is 0.417. The Morgan fingerprint density at radius 2 is 2.42 bits per heavy atom. The van der Waals surface area contributed by atoms with E-state index in [4.69, 9.17) is 0 Å². The molecule has 1 unspecified atom stereocenters. The van der Waals surface area contributed by atoms with Crippen LogP contribution in [-0.2, 0) is 16.4 Å². The summed E-state index contributed by atoms with van der Waals surface area (Å²) in [5.41, 5.74) is 1.16. The molecule has 2 aromatic heterocycles. The Morgan fingerprint density at radius 1 is 1.58 bits per heavy atom. The monoisotopic (exact) mass is 297 g/mol. The maximum Gasteiger partial charge on any atom is 0.246 e. The molecule has 0 saturated carbocycles. The molecule has 0 aliphatic carbocycles. The number of aromatic amines is 1. The van der Waals surface area contributed by atoms with Gasteiger partial charge >= 0.3 is 0 Å². The third-order valence-corrected chi connectivity index (χ3v) is 6.38. The standard InChI is InChI=1S/C12H15N3O2S2/c1-2-11-10-4-6-18-12(10)3-5-15(11)19(16,17)9-7-13-14-8-9/h4,6-8,11H,2-3,5H2,1H3,(H,13,14). The number of nitrogens with one attached hydrogen (secondary N) is 1. The van der Waals surface area contributed by atoms with E-state index in [1.54, 1.807) is 15.6 Å². The highest BCUT2D eigenvalue weighted by Gasteiger charge is 2.36. The molecular weight excluding hydrogens is 282 g/mol. The summed E-state index contributed by atoms with van der Waals surface area (Å²) in [5, 5.41) is 8.35. The second kappa shape index (κ2) is 4.73. The molecule has 3 heterocycles. The minimum absolute atomic E-state index is 0.0603. The molecule has 3 rings (SSSR count). The van der Waals surface area contributed by atoms with Crippen molar-refractivity contribution in [3.05, 3.63) is 34.3 Å². The lowest BCUT2D eigenvalue weighted by Crippen LogP contribution is -2.39. The van der Waals surface area contributed by atoms with Gasteiger partial charge in [0.25, 0.3) is 0 Å². The van der Waals surface area contributed by atoms with Gasteiger partial charge in [-0.3, -0.25) is 5.10 Å². The van der Waals surface area contributed by atoms with Crippen LogP contribution in [0, 0.1) is 0 Å². The van der Waals surface area contributed by atoms with Gasteiger partial charge in [0.1, 0.15) is 4.90 Å². The van der Waals surface area contributed by atoms with Gasteiger partial charge in [-0.2, -0.15) is 9.40 Å². The van der Waals surface area contributed by atoms with E-state index in [0.29, 0.717) is 6.54 Å². The first-order valence-electron chi connectivity index (χ1n) is 6.21. The fourth-order valence-electron chi connectivity index (χ4n) is 2.60. The Balaban J connectivity index is 2.03. The highest BCUT2D eigenvalue weighted by Crippen LogP contribution is 2.38. The average Bonchev–Trinajstić information content (AvgIpc) is 3.07. The molecule has 102 valence electrons. The van der Waals surface area contributed by atoms with Crippen molar-refractivity contribution in [2.75, 3.05) is 6.54 Å². The molecule has 0 saturated heterocycles. The van der Waals surface area contributed by atoms with Crippen molar-refractivity contribution in [1.82, 2.24) is 14.5 Å². The van der Waals surface area contributed by atoms with E-state index < -0.39 is 10.0 Å². The lowest BCUT2D eigenvalue weighted by molar-refractivity contribution is 0.303. The summed E-state index contributed by atoms with van der Waals surface area (Å²) in [5.74, 6) is 0. The number of rotatable bonds is 3. The van der Waals surface area contributed by atoms with Crippen molar-refractivity contribution in [1.29, 1.82) is 0 Å². The molecule has 1 N–H and O–H groups in total. The van der Waals surface area contributed by atoms with Gasteiger partial charge in [0.05, 0.1) is 12.2 Å². The maximum atomic E-state index is 12.6. The lowest BCUT2D eigenvalue weighted by atomic mass is 10.0. The van der Waals surface area contributed by atoms with Gasteiger partial charge in [-0.15, -0.1) is 11.3 Å². The first-order chi connectivity index (χ1) is 9.14. The first kappa shape index (κ1) is 12.8. The number of fused-ring (bicyclic) bond motifs is 1. The van der Waals surface area contributed by atoms with Crippen LogP contribution in [0.3, 0.4) is 0 Å². The van der Waals surface area contributed by atoms with Crippen molar-refractivity contribution >= 4 is 21.4 Å². The number of H-pyrrole nitrogens is 1. The van der Waals surface area contributed by atoms with E-state index in [1.807, 2.05) is 18.4 Å². The molecule has 0 spiro atoms. The van der Waals surface area contributed by atoms with Crippen LogP contribution in [-0.4, -0.2) is 29.5 Å². The van der Waals surface area contributed by atoms with Gasteiger partial charge < -0.3 is 0 Å². The first-order valence-corrected chi connectivity index (χ1v) is 8.53. The predicted octanol–water partition coefficient (Wildman–Crippen LogP) is 2.17. The number of sulfonamides is 1. The SMILES string of the molecule is CCC1c2ccsc2CCN1S(=O)(=O)c1cn[nH]c1. The van der Waals surface area contributed by atoms with Gasteiger partial charge in [0, 0.05) is 17.6 Å². The molecule has 1 aliphatic rings. The van der Waals surface area contributed by atoms with Crippen LogP contribution in [0.15, 0.2) is 28.7 Å². The molecule has 0 radical (unpaired) electrons.